The third-order valence-corrected chi connectivity index (χ3v) is 3.98. The van der Waals surface area contributed by atoms with E-state index in [0.717, 1.165) is 6.54 Å². The quantitative estimate of drug-likeness (QED) is 0.637. The lowest BCUT2D eigenvalue weighted by Gasteiger charge is -2.31. The molecular weight excluding hydrogens is 256 g/mol. The van der Waals surface area contributed by atoms with Gasteiger partial charge in [0.1, 0.15) is 12.4 Å². The molecule has 110 valence electrons. The number of nitrogens with zero attached hydrogens (tertiary/aromatic N) is 3. The van der Waals surface area contributed by atoms with Gasteiger partial charge in [-0.15, -0.1) is 0 Å². The molecule has 0 amide bonds. The molecule has 0 radical (unpaired) electrons. The van der Waals surface area contributed by atoms with Gasteiger partial charge in [0.2, 0.25) is 5.95 Å². The zero-order chi connectivity index (χ0) is 14.6. The minimum Gasteiger partial charge on any atom is -0.354 e. The highest BCUT2D eigenvalue weighted by molar-refractivity contribution is 5.30. The lowest BCUT2D eigenvalue weighted by molar-refractivity contribution is -0.385. The van der Waals surface area contributed by atoms with Crippen LogP contribution >= 0.6 is 0 Å². The van der Waals surface area contributed by atoms with Crippen LogP contribution in [0.15, 0.2) is 12.4 Å². The van der Waals surface area contributed by atoms with Gasteiger partial charge < -0.3 is 5.32 Å². The molecule has 1 aromatic heterocycles. The first kappa shape index (κ1) is 14.7. The number of hydrogen-bond donors (Lipinski definition) is 1. The second-order valence-corrected chi connectivity index (χ2v) is 6.18. The molecular formula is C14H22N4O2. The maximum Gasteiger partial charge on any atom is 0.305 e. The molecule has 0 aromatic carbocycles. The Morgan fingerprint density at radius 2 is 1.95 bits per heavy atom. The van der Waals surface area contributed by atoms with Crippen molar-refractivity contribution in [2.75, 3.05) is 11.9 Å². The molecule has 1 aliphatic rings. The number of nitrogens with one attached hydrogen (secondary N) is 1. The first-order valence-electron chi connectivity index (χ1n) is 7.21. The number of nitro groups is 1. The molecule has 1 aromatic rings. The second-order valence-electron chi connectivity index (χ2n) is 6.18. The fourth-order valence-corrected chi connectivity index (χ4v) is 3.22. The summed E-state index contributed by atoms with van der Waals surface area (Å²) in [5.74, 6) is 1.15. The Bertz CT molecular complexity index is 453. The monoisotopic (exact) mass is 278 g/mol. The third kappa shape index (κ3) is 3.65. The van der Waals surface area contributed by atoms with Gasteiger partial charge in [0.25, 0.3) is 0 Å². The van der Waals surface area contributed by atoms with Crippen LogP contribution in [0.5, 0.6) is 0 Å². The minimum atomic E-state index is -0.485. The normalized spacial score (nSPS) is 17.4. The van der Waals surface area contributed by atoms with Gasteiger partial charge in [0, 0.05) is 6.54 Å². The Morgan fingerprint density at radius 1 is 1.35 bits per heavy atom. The van der Waals surface area contributed by atoms with Gasteiger partial charge in [-0.2, -0.15) is 0 Å². The van der Waals surface area contributed by atoms with Gasteiger partial charge in [-0.3, -0.25) is 10.1 Å². The first-order chi connectivity index (χ1) is 9.51. The summed E-state index contributed by atoms with van der Waals surface area (Å²) in [7, 11) is 0. The standard InChI is InChI=1S/C14H22N4O2/c1-11(2)7-14(5-3-4-6-14)10-17-13-15-8-12(9-16-13)18(19)20/h8-9,11H,3-7,10H2,1-2H3,(H,15,16,17). The highest BCUT2D eigenvalue weighted by atomic mass is 16.6. The van der Waals surface area contributed by atoms with Crippen LogP contribution in [-0.4, -0.2) is 21.4 Å². The average molecular weight is 278 g/mol. The number of rotatable bonds is 6. The van der Waals surface area contributed by atoms with E-state index in [4.69, 9.17) is 0 Å². The molecule has 6 heteroatoms. The summed E-state index contributed by atoms with van der Waals surface area (Å²) in [5, 5.41) is 13.8. The zero-order valence-corrected chi connectivity index (χ0v) is 12.1. The van der Waals surface area contributed by atoms with Crippen LogP contribution in [-0.2, 0) is 0 Å². The highest BCUT2D eigenvalue weighted by Gasteiger charge is 2.34. The van der Waals surface area contributed by atoms with Crippen LogP contribution in [0.2, 0.25) is 0 Å². The summed E-state index contributed by atoms with van der Waals surface area (Å²) in [6.45, 7) is 5.36. The Balaban J connectivity index is 1.97. The molecule has 0 bridgehead atoms. The van der Waals surface area contributed by atoms with Gasteiger partial charge >= 0.3 is 5.69 Å². The van der Waals surface area contributed by atoms with Crippen molar-refractivity contribution in [3.63, 3.8) is 0 Å². The lowest BCUT2D eigenvalue weighted by atomic mass is 9.78. The molecule has 0 saturated heterocycles. The molecule has 20 heavy (non-hydrogen) atoms. The van der Waals surface area contributed by atoms with Crippen LogP contribution < -0.4 is 5.32 Å². The van der Waals surface area contributed by atoms with E-state index in [2.05, 4.69) is 29.1 Å². The topological polar surface area (TPSA) is 81.0 Å². The largest absolute Gasteiger partial charge is 0.354 e. The average Bonchev–Trinajstić information content (AvgIpc) is 2.85. The van der Waals surface area contributed by atoms with E-state index >= 15 is 0 Å². The second kappa shape index (κ2) is 6.15. The van der Waals surface area contributed by atoms with Gasteiger partial charge in [0.15, 0.2) is 0 Å². The molecule has 6 nitrogen and oxygen atoms in total. The van der Waals surface area contributed by atoms with Crippen molar-refractivity contribution in [2.24, 2.45) is 11.3 Å². The molecule has 1 fully saturated rings. The van der Waals surface area contributed by atoms with E-state index < -0.39 is 4.92 Å². The molecule has 0 unspecified atom stereocenters. The fourth-order valence-electron chi connectivity index (χ4n) is 3.22. The summed E-state index contributed by atoms with van der Waals surface area (Å²) in [6.07, 6.45) is 8.76. The van der Waals surface area contributed by atoms with Gasteiger partial charge in [-0.05, 0) is 30.6 Å². The van der Waals surface area contributed by atoms with E-state index in [-0.39, 0.29) is 5.69 Å². The molecule has 1 saturated carbocycles. The predicted molar refractivity (Wildman–Crippen MR) is 77.5 cm³/mol. The minimum absolute atomic E-state index is 0.0756. The maximum absolute atomic E-state index is 10.6. The first-order valence-corrected chi connectivity index (χ1v) is 7.21. The summed E-state index contributed by atoms with van der Waals surface area (Å²) in [5.41, 5.74) is 0.257. The van der Waals surface area contributed by atoms with Crippen molar-refractivity contribution in [3.8, 4) is 0 Å². The summed E-state index contributed by atoms with van der Waals surface area (Å²) in [6, 6.07) is 0. The molecule has 0 aliphatic heterocycles. The van der Waals surface area contributed by atoms with Crippen molar-refractivity contribution in [1.82, 2.24) is 9.97 Å². The zero-order valence-electron chi connectivity index (χ0n) is 12.1. The van der Waals surface area contributed by atoms with Crippen LogP contribution in [0.3, 0.4) is 0 Å². The van der Waals surface area contributed by atoms with Crippen molar-refractivity contribution >= 4 is 11.6 Å². The molecule has 1 N–H and O–H groups in total. The lowest BCUT2D eigenvalue weighted by Crippen LogP contribution is -2.29. The van der Waals surface area contributed by atoms with Crippen LogP contribution in [0, 0.1) is 21.4 Å². The third-order valence-electron chi connectivity index (χ3n) is 3.98. The van der Waals surface area contributed by atoms with Gasteiger partial charge in [-0.25, -0.2) is 9.97 Å². The number of aromatic nitrogens is 2. The fraction of sp³-hybridized carbons (Fsp3) is 0.714. The van der Waals surface area contributed by atoms with Crippen molar-refractivity contribution in [2.45, 2.75) is 46.0 Å². The molecule has 0 atom stereocenters. The van der Waals surface area contributed by atoms with Crippen LogP contribution in [0.25, 0.3) is 0 Å². The van der Waals surface area contributed by atoms with Crippen molar-refractivity contribution in [3.05, 3.63) is 22.5 Å². The van der Waals surface area contributed by atoms with Crippen LogP contribution in [0.4, 0.5) is 11.6 Å². The SMILES string of the molecule is CC(C)CC1(CNc2ncc([N+](=O)[O-])cn2)CCCC1. The smallest absolute Gasteiger partial charge is 0.305 e. The Morgan fingerprint density at radius 3 is 2.45 bits per heavy atom. The summed E-state index contributed by atoms with van der Waals surface area (Å²) < 4.78 is 0. The molecule has 1 aliphatic carbocycles. The van der Waals surface area contributed by atoms with Crippen molar-refractivity contribution in [1.29, 1.82) is 0 Å². The van der Waals surface area contributed by atoms with E-state index in [1.54, 1.807) is 0 Å². The maximum atomic E-state index is 10.6. The van der Waals surface area contributed by atoms with Gasteiger partial charge in [0.05, 0.1) is 4.92 Å². The van der Waals surface area contributed by atoms with E-state index in [1.165, 1.54) is 44.5 Å². The Labute approximate surface area is 119 Å². The van der Waals surface area contributed by atoms with E-state index in [1.807, 2.05) is 0 Å². The van der Waals surface area contributed by atoms with Gasteiger partial charge in [-0.1, -0.05) is 26.7 Å². The van der Waals surface area contributed by atoms with E-state index in [0.29, 0.717) is 17.3 Å². The Hall–Kier alpha value is -1.72. The molecule has 1 heterocycles. The molecule has 2 rings (SSSR count). The number of hydrogen-bond acceptors (Lipinski definition) is 5. The Kier molecular flexibility index (Phi) is 4.52. The highest BCUT2D eigenvalue weighted by Crippen LogP contribution is 2.43. The summed E-state index contributed by atoms with van der Waals surface area (Å²) >= 11 is 0. The van der Waals surface area contributed by atoms with Crippen LogP contribution in [0.1, 0.15) is 46.0 Å². The number of anilines is 1. The predicted octanol–water partition coefficient (Wildman–Crippen LogP) is 3.40. The summed E-state index contributed by atoms with van der Waals surface area (Å²) in [4.78, 5) is 18.1. The van der Waals surface area contributed by atoms with E-state index in [9.17, 15) is 10.1 Å². The van der Waals surface area contributed by atoms with Crippen molar-refractivity contribution < 1.29 is 4.92 Å². The molecule has 0 spiro atoms.